The Morgan fingerprint density at radius 1 is 1.18 bits per heavy atom. The molecule has 0 radical (unpaired) electrons. The first kappa shape index (κ1) is 19.1. The van der Waals surface area contributed by atoms with Crippen molar-refractivity contribution in [1.29, 1.82) is 0 Å². The van der Waals surface area contributed by atoms with Crippen molar-refractivity contribution in [2.24, 2.45) is 0 Å². The number of nitrogens with one attached hydrogen (secondary N) is 1. The van der Waals surface area contributed by atoms with Gasteiger partial charge < -0.3 is 9.64 Å². The number of sulfonamides is 1. The molecule has 22 heavy (non-hydrogen) atoms. The van der Waals surface area contributed by atoms with Crippen molar-refractivity contribution in [3.8, 4) is 0 Å². The molecule has 0 aromatic heterocycles. The Labute approximate surface area is 134 Å². The second-order valence-electron chi connectivity index (χ2n) is 5.77. The predicted octanol–water partition coefficient (Wildman–Crippen LogP) is 2.06. The van der Waals surface area contributed by atoms with Gasteiger partial charge >= 0.3 is 0 Å². The number of nitrogens with zero attached hydrogens (tertiary/aromatic N) is 1. The van der Waals surface area contributed by atoms with Gasteiger partial charge in [0.05, 0.1) is 11.5 Å². The third-order valence-corrected chi connectivity index (χ3v) is 5.02. The molecule has 0 unspecified atom stereocenters. The molecular formula is C16H28N2O3S. The molecule has 0 spiro atoms. The van der Waals surface area contributed by atoms with E-state index in [4.69, 9.17) is 4.74 Å². The van der Waals surface area contributed by atoms with Crippen LogP contribution in [0.3, 0.4) is 0 Å². The minimum Gasteiger partial charge on any atom is -0.383 e. The van der Waals surface area contributed by atoms with Crippen LogP contribution >= 0.6 is 0 Å². The zero-order chi connectivity index (χ0) is 16.6. The molecule has 1 aromatic carbocycles. The lowest BCUT2D eigenvalue weighted by Gasteiger charge is -2.16. The molecule has 5 nitrogen and oxygen atoms in total. The van der Waals surface area contributed by atoms with Crippen LogP contribution in [0.5, 0.6) is 0 Å². The maximum atomic E-state index is 12.2. The standard InChI is InChI=1S/C16H28N2O3S/c1-14(2)15-6-8-16(9-7-15)22(19,20)17-10-5-11-18(3)12-13-21-4/h6-9,14,17H,5,10-13H2,1-4H3. The maximum Gasteiger partial charge on any atom is 0.240 e. The molecule has 1 N–H and O–H groups in total. The number of likely N-dealkylation sites (N-methyl/N-ethyl adjacent to an activating group) is 1. The molecule has 0 saturated carbocycles. The summed E-state index contributed by atoms with van der Waals surface area (Å²) in [6.07, 6.45) is 0.767. The van der Waals surface area contributed by atoms with E-state index in [1.165, 1.54) is 0 Å². The van der Waals surface area contributed by atoms with Crippen LogP contribution in [0.1, 0.15) is 31.7 Å². The first-order valence-corrected chi connectivity index (χ1v) is 9.12. The summed E-state index contributed by atoms with van der Waals surface area (Å²) < 4.78 is 32.0. The first-order chi connectivity index (χ1) is 10.4. The van der Waals surface area contributed by atoms with Gasteiger partial charge in [-0.1, -0.05) is 26.0 Å². The van der Waals surface area contributed by atoms with Crippen LogP contribution in [0.4, 0.5) is 0 Å². The number of benzene rings is 1. The van der Waals surface area contributed by atoms with Crippen LogP contribution in [0.25, 0.3) is 0 Å². The zero-order valence-electron chi connectivity index (χ0n) is 14.0. The molecule has 0 aliphatic rings. The summed E-state index contributed by atoms with van der Waals surface area (Å²) in [5, 5.41) is 0. The van der Waals surface area contributed by atoms with Crippen molar-refractivity contribution in [3.63, 3.8) is 0 Å². The Kier molecular flexibility index (Phi) is 8.03. The van der Waals surface area contributed by atoms with E-state index in [0.717, 1.165) is 25.1 Å². The quantitative estimate of drug-likeness (QED) is 0.668. The highest BCUT2D eigenvalue weighted by Gasteiger charge is 2.13. The van der Waals surface area contributed by atoms with E-state index in [1.54, 1.807) is 19.2 Å². The third kappa shape index (κ3) is 6.44. The third-order valence-electron chi connectivity index (χ3n) is 3.54. The summed E-state index contributed by atoms with van der Waals surface area (Å²) in [4.78, 5) is 2.44. The van der Waals surface area contributed by atoms with Crippen molar-refractivity contribution in [2.75, 3.05) is 40.4 Å². The molecule has 1 aromatic rings. The van der Waals surface area contributed by atoms with Crippen LogP contribution in [-0.2, 0) is 14.8 Å². The zero-order valence-corrected chi connectivity index (χ0v) is 14.8. The van der Waals surface area contributed by atoms with Gasteiger partial charge in [-0.3, -0.25) is 0 Å². The number of hydrogen-bond acceptors (Lipinski definition) is 4. The summed E-state index contributed by atoms with van der Waals surface area (Å²) in [5.74, 6) is 0.396. The van der Waals surface area contributed by atoms with Gasteiger partial charge in [0.25, 0.3) is 0 Å². The van der Waals surface area contributed by atoms with Crippen molar-refractivity contribution in [3.05, 3.63) is 29.8 Å². The van der Waals surface area contributed by atoms with E-state index in [1.807, 2.05) is 19.2 Å². The van der Waals surface area contributed by atoms with Gasteiger partial charge in [-0.15, -0.1) is 0 Å². The largest absolute Gasteiger partial charge is 0.383 e. The van der Waals surface area contributed by atoms with Crippen LogP contribution in [0.15, 0.2) is 29.2 Å². The fraction of sp³-hybridized carbons (Fsp3) is 0.625. The van der Waals surface area contributed by atoms with Gasteiger partial charge in [0.1, 0.15) is 0 Å². The topological polar surface area (TPSA) is 58.6 Å². The molecule has 0 aliphatic heterocycles. The van der Waals surface area contributed by atoms with E-state index in [2.05, 4.69) is 23.5 Å². The van der Waals surface area contributed by atoms with Crippen LogP contribution in [0, 0.1) is 0 Å². The van der Waals surface area contributed by atoms with E-state index in [-0.39, 0.29) is 0 Å². The highest BCUT2D eigenvalue weighted by atomic mass is 32.2. The lowest BCUT2D eigenvalue weighted by atomic mass is 10.0. The van der Waals surface area contributed by atoms with E-state index in [0.29, 0.717) is 24.0 Å². The van der Waals surface area contributed by atoms with E-state index < -0.39 is 10.0 Å². The summed E-state index contributed by atoms with van der Waals surface area (Å²) >= 11 is 0. The molecule has 0 fully saturated rings. The van der Waals surface area contributed by atoms with Gasteiger partial charge in [0, 0.05) is 20.2 Å². The van der Waals surface area contributed by atoms with Crippen LogP contribution in [-0.4, -0.2) is 53.7 Å². The highest BCUT2D eigenvalue weighted by Crippen LogP contribution is 2.17. The summed E-state index contributed by atoms with van der Waals surface area (Å²) in [6.45, 7) is 6.97. The first-order valence-electron chi connectivity index (χ1n) is 7.64. The molecule has 0 aliphatic carbocycles. The minimum absolute atomic E-state index is 0.324. The molecule has 0 amide bonds. The molecule has 0 bridgehead atoms. The van der Waals surface area contributed by atoms with Crippen LogP contribution in [0.2, 0.25) is 0 Å². The average Bonchev–Trinajstić information content (AvgIpc) is 2.49. The van der Waals surface area contributed by atoms with Crippen molar-refractivity contribution < 1.29 is 13.2 Å². The Morgan fingerprint density at radius 3 is 2.36 bits per heavy atom. The van der Waals surface area contributed by atoms with Gasteiger partial charge in [-0.2, -0.15) is 0 Å². The molecule has 1 rings (SSSR count). The second-order valence-corrected chi connectivity index (χ2v) is 7.54. The molecule has 126 valence electrons. The molecular weight excluding hydrogens is 300 g/mol. The normalized spacial score (nSPS) is 12.3. The Bertz CT molecular complexity index is 527. The lowest BCUT2D eigenvalue weighted by Crippen LogP contribution is -2.29. The predicted molar refractivity (Wildman–Crippen MR) is 89.7 cm³/mol. The van der Waals surface area contributed by atoms with Gasteiger partial charge in [0.15, 0.2) is 0 Å². The fourth-order valence-corrected chi connectivity index (χ4v) is 3.10. The Morgan fingerprint density at radius 2 is 1.82 bits per heavy atom. The molecule has 0 saturated heterocycles. The van der Waals surface area contributed by atoms with E-state index in [9.17, 15) is 8.42 Å². The molecule has 0 atom stereocenters. The van der Waals surface area contributed by atoms with Crippen molar-refractivity contribution in [1.82, 2.24) is 9.62 Å². The fourth-order valence-electron chi connectivity index (χ4n) is 2.03. The monoisotopic (exact) mass is 328 g/mol. The number of rotatable bonds is 10. The highest BCUT2D eigenvalue weighted by molar-refractivity contribution is 7.89. The van der Waals surface area contributed by atoms with Crippen molar-refractivity contribution >= 4 is 10.0 Å². The molecule has 0 heterocycles. The number of ether oxygens (including phenoxy) is 1. The van der Waals surface area contributed by atoms with Gasteiger partial charge in [-0.05, 0) is 43.6 Å². The van der Waals surface area contributed by atoms with Crippen LogP contribution < -0.4 is 4.72 Å². The number of hydrogen-bond donors (Lipinski definition) is 1. The Balaban J connectivity index is 2.44. The summed E-state index contributed by atoms with van der Waals surface area (Å²) in [5.41, 5.74) is 1.14. The van der Waals surface area contributed by atoms with Gasteiger partial charge in [0.2, 0.25) is 10.0 Å². The Hall–Kier alpha value is -0.950. The maximum absolute atomic E-state index is 12.2. The second kappa shape index (κ2) is 9.25. The lowest BCUT2D eigenvalue weighted by molar-refractivity contribution is 0.161. The van der Waals surface area contributed by atoms with Gasteiger partial charge in [-0.25, -0.2) is 13.1 Å². The minimum atomic E-state index is -3.41. The summed E-state index contributed by atoms with van der Waals surface area (Å²) in [6, 6.07) is 7.08. The smallest absolute Gasteiger partial charge is 0.240 e. The average molecular weight is 328 g/mol. The van der Waals surface area contributed by atoms with E-state index >= 15 is 0 Å². The molecule has 6 heteroatoms. The SMILES string of the molecule is COCCN(C)CCCNS(=O)(=O)c1ccc(C(C)C)cc1. The van der Waals surface area contributed by atoms with Crippen molar-refractivity contribution in [2.45, 2.75) is 31.1 Å². The number of methoxy groups -OCH3 is 1. The summed E-state index contributed by atoms with van der Waals surface area (Å²) in [7, 11) is 0.260.